The first-order valence-electron chi connectivity index (χ1n) is 4.28. The van der Waals surface area contributed by atoms with Crippen LogP contribution in [-0.2, 0) is 9.53 Å². The van der Waals surface area contributed by atoms with E-state index in [4.69, 9.17) is 5.11 Å². The normalized spacial score (nSPS) is 12.2. The molecule has 1 unspecified atom stereocenters. The molecule has 2 N–H and O–H groups in total. The van der Waals surface area contributed by atoms with E-state index in [0.29, 0.717) is 12.8 Å². The van der Waals surface area contributed by atoms with E-state index in [-0.39, 0.29) is 18.8 Å². The van der Waals surface area contributed by atoms with Gasteiger partial charge in [0.05, 0.1) is 18.3 Å². The van der Waals surface area contributed by atoms with Crippen LogP contribution in [0.2, 0.25) is 0 Å². The lowest BCUT2D eigenvalue weighted by Crippen LogP contribution is -2.19. The van der Waals surface area contributed by atoms with Crippen LogP contribution in [0.25, 0.3) is 0 Å². The molecule has 0 aliphatic rings. The highest BCUT2D eigenvalue weighted by Gasteiger charge is 2.16. The van der Waals surface area contributed by atoms with E-state index >= 15 is 0 Å². The number of aliphatic hydroxyl groups excluding tert-OH is 2. The third-order valence-electron chi connectivity index (χ3n) is 1.58. The summed E-state index contributed by atoms with van der Waals surface area (Å²) in [5.74, 6) is -0.576. The molecule has 0 saturated heterocycles. The van der Waals surface area contributed by atoms with E-state index < -0.39 is 12.1 Å². The van der Waals surface area contributed by atoms with Crippen molar-refractivity contribution in [2.24, 2.45) is 0 Å². The minimum atomic E-state index is -0.911. The fourth-order valence-corrected chi connectivity index (χ4v) is 0.819. The molecule has 0 aliphatic carbocycles. The van der Waals surface area contributed by atoms with Crippen LogP contribution in [0.15, 0.2) is 12.2 Å². The van der Waals surface area contributed by atoms with Gasteiger partial charge in [-0.25, -0.2) is 4.79 Å². The van der Waals surface area contributed by atoms with Crippen LogP contribution >= 0.6 is 0 Å². The Labute approximate surface area is 77.8 Å². The fourth-order valence-electron chi connectivity index (χ4n) is 0.819. The second-order valence-electron chi connectivity index (χ2n) is 2.63. The van der Waals surface area contributed by atoms with Crippen molar-refractivity contribution in [3.63, 3.8) is 0 Å². The largest absolute Gasteiger partial charge is 0.463 e. The molecule has 0 rings (SSSR count). The van der Waals surface area contributed by atoms with Crippen molar-refractivity contribution in [2.75, 3.05) is 13.2 Å². The molecule has 76 valence electrons. The molecule has 1 atom stereocenters. The minimum Gasteiger partial charge on any atom is -0.463 e. The monoisotopic (exact) mass is 188 g/mol. The summed E-state index contributed by atoms with van der Waals surface area (Å²) in [6.07, 6.45) is -0.139. The van der Waals surface area contributed by atoms with Crippen molar-refractivity contribution in [1.82, 2.24) is 0 Å². The first kappa shape index (κ1) is 12.1. The Balaban J connectivity index is 3.87. The standard InChI is InChI=1S/C9H16O4/c1-3-13-9(12)7(2)8(11)5-4-6-10/h8,10-11H,2-6H2,1H3. The van der Waals surface area contributed by atoms with Gasteiger partial charge in [0.1, 0.15) is 0 Å². The summed E-state index contributed by atoms with van der Waals surface area (Å²) in [5, 5.41) is 17.8. The summed E-state index contributed by atoms with van der Waals surface area (Å²) in [5.41, 5.74) is 0.0512. The van der Waals surface area contributed by atoms with Crippen molar-refractivity contribution >= 4 is 5.97 Å². The average Bonchev–Trinajstić information content (AvgIpc) is 2.13. The summed E-state index contributed by atoms with van der Waals surface area (Å²) < 4.78 is 4.64. The third kappa shape index (κ3) is 4.65. The molecule has 0 amide bonds. The summed E-state index contributed by atoms with van der Waals surface area (Å²) in [6, 6.07) is 0. The maximum atomic E-state index is 11.0. The van der Waals surface area contributed by atoms with Crippen molar-refractivity contribution in [3.8, 4) is 0 Å². The predicted molar refractivity (Wildman–Crippen MR) is 48.1 cm³/mol. The van der Waals surface area contributed by atoms with Crippen LogP contribution in [0.1, 0.15) is 19.8 Å². The lowest BCUT2D eigenvalue weighted by Gasteiger charge is -2.11. The van der Waals surface area contributed by atoms with Gasteiger partial charge in [0.15, 0.2) is 0 Å². The Morgan fingerprint density at radius 2 is 2.23 bits per heavy atom. The first-order valence-corrected chi connectivity index (χ1v) is 4.28. The quantitative estimate of drug-likeness (QED) is 0.463. The van der Waals surface area contributed by atoms with Gasteiger partial charge in [-0.2, -0.15) is 0 Å². The molecular weight excluding hydrogens is 172 g/mol. The highest BCUT2D eigenvalue weighted by molar-refractivity contribution is 5.88. The van der Waals surface area contributed by atoms with Crippen LogP contribution in [-0.4, -0.2) is 35.5 Å². The summed E-state index contributed by atoms with van der Waals surface area (Å²) in [6.45, 7) is 5.37. The highest BCUT2D eigenvalue weighted by Crippen LogP contribution is 2.08. The van der Waals surface area contributed by atoms with Crippen LogP contribution in [0.5, 0.6) is 0 Å². The van der Waals surface area contributed by atoms with Gasteiger partial charge in [-0.1, -0.05) is 6.58 Å². The van der Waals surface area contributed by atoms with Crippen molar-refractivity contribution in [1.29, 1.82) is 0 Å². The second kappa shape index (κ2) is 6.62. The maximum Gasteiger partial charge on any atom is 0.336 e. The number of ether oxygens (including phenoxy) is 1. The molecule has 0 aromatic rings. The number of aliphatic hydroxyl groups is 2. The van der Waals surface area contributed by atoms with E-state index in [1.165, 1.54) is 0 Å². The Bertz CT molecular complexity index is 176. The van der Waals surface area contributed by atoms with Gasteiger partial charge in [0.2, 0.25) is 0 Å². The zero-order valence-electron chi connectivity index (χ0n) is 7.82. The number of hydrogen-bond acceptors (Lipinski definition) is 4. The van der Waals surface area contributed by atoms with Gasteiger partial charge in [-0.3, -0.25) is 0 Å². The molecule has 0 bridgehead atoms. The summed E-state index contributed by atoms with van der Waals surface area (Å²) in [4.78, 5) is 11.0. The van der Waals surface area contributed by atoms with Gasteiger partial charge in [-0.05, 0) is 19.8 Å². The van der Waals surface area contributed by atoms with Gasteiger partial charge < -0.3 is 14.9 Å². The smallest absolute Gasteiger partial charge is 0.336 e. The van der Waals surface area contributed by atoms with E-state index in [2.05, 4.69) is 11.3 Å². The Kier molecular flexibility index (Phi) is 6.18. The molecule has 4 nitrogen and oxygen atoms in total. The average molecular weight is 188 g/mol. The molecule has 13 heavy (non-hydrogen) atoms. The van der Waals surface area contributed by atoms with Gasteiger partial charge in [0.25, 0.3) is 0 Å². The lowest BCUT2D eigenvalue weighted by atomic mass is 10.1. The lowest BCUT2D eigenvalue weighted by molar-refractivity contribution is -0.139. The van der Waals surface area contributed by atoms with E-state index in [1.54, 1.807) is 6.92 Å². The molecule has 0 radical (unpaired) electrons. The molecule has 0 aliphatic heterocycles. The van der Waals surface area contributed by atoms with E-state index in [9.17, 15) is 9.90 Å². The Morgan fingerprint density at radius 3 is 2.69 bits per heavy atom. The number of hydrogen-bond donors (Lipinski definition) is 2. The number of rotatable bonds is 6. The molecule has 4 heteroatoms. The topological polar surface area (TPSA) is 66.8 Å². The Hall–Kier alpha value is -0.870. The van der Waals surface area contributed by atoms with Crippen LogP contribution in [0, 0.1) is 0 Å². The van der Waals surface area contributed by atoms with Crippen LogP contribution in [0.3, 0.4) is 0 Å². The molecule has 0 aromatic heterocycles. The van der Waals surface area contributed by atoms with Crippen LogP contribution in [0.4, 0.5) is 0 Å². The van der Waals surface area contributed by atoms with E-state index in [0.717, 1.165) is 0 Å². The molecular formula is C9H16O4. The fraction of sp³-hybridized carbons (Fsp3) is 0.667. The van der Waals surface area contributed by atoms with Gasteiger partial charge in [-0.15, -0.1) is 0 Å². The molecule has 0 heterocycles. The number of carbonyl (C=O) groups is 1. The second-order valence-corrected chi connectivity index (χ2v) is 2.63. The number of carbonyl (C=O) groups excluding carboxylic acids is 1. The molecule has 0 aromatic carbocycles. The molecule has 0 spiro atoms. The van der Waals surface area contributed by atoms with Crippen LogP contribution < -0.4 is 0 Å². The first-order chi connectivity index (χ1) is 6.13. The zero-order valence-corrected chi connectivity index (χ0v) is 7.82. The minimum absolute atomic E-state index is 0.00678. The third-order valence-corrected chi connectivity index (χ3v) is 1.58. The van der Waals surface area contributed by atoms with Gasteiger partial charge in [0, 0.05) is 6.61 Å². The number of esters is 1. The van der Waals surface area contributed by atoms with Crippen molar-refractivity contribution in [2.45, 2.75) is 25.9 Å². The predicted octanol–water partition coefficient (Wildman–Crippen LogP) is 0.239. The van der Waals surface area contributed by atoms with Crippen molar-refractivity contribution < 1.29 is 19.7 Å². The van der Waals surface area contributed by atoms with Crippen molar-refractivity contribution in [3.05, 3.63) is 12.2 Å². The summed E-state index contributed by atoms with van der Waals surface area (Å²) >= 11 is 0. The molecule has 0 fully saturated rings. The SMILES string of the molecule is C=C(C(=O)OCC)C(O)CCCO. The highest BCUT2D eigenvalue weighted by atomic mass is 16.5. The maximum absolute atomic E-state index is 11.0. The zero-order chi connectivity index (χ0) is 10.3. The van der Waals surface area contributed by atoms with Gasteiger partial charge >= 0.3 is 5.97 Å². The Morgan fingerprint density at radius 1 is 1.62 bits per heavy atom. The summed E-state index contributed by atoms with van der Waals surface area (Å²) in [7, 11) is 0. The van der Waals surface area contributed by atoms with E-state index in [1.807, 2.05) is 0 Å². The molecule has 0 saturated carbocycles.